The van der Waals surface area contributed by atoms with Crippen molar-refractivity contribution in [3.63, 3.8) is 0 Å². The molecule has 3 N–H and O–H groups in total. The quantitative estimate of drug-likeness (QED) is 0.659. The van der Waals surface area contributed by atoms with Gasteiger partial charge in [-0.25, -0.2) is 9.97 Å². The van der Waals surface area contributed by atoms with Crippen LogP contribution in [0.5, 0.6) is 0 Å². The lowest BCUT2D eigenvalue weighted by atomic mass is 10.1. The van der Waals surface area contributed by atoms with Crippen molar-refractivity contribution in [2.45, 2.75) is 0 Å². The van der Waals surface area contributed by atoms with Gasteiger partial charge in [-0.2, -0.15) is 0 Å². The van der Waals surface area contributed by atoms with Gasteiger partial charge in [0.2, 0.25) is 5.95 Å². The molecule has 0 aliphatic rings. The predicted molar refractivity (Wildman–Crippen MR) is 78.2 cm³/mol. The standard InChI is InChI=1S/C12H8BrN5O2/c13-6-4-14-12(15-5-6)16-8-3-1-2-7-9(8)11(20)18-17-10(7)19/h1-5H,(H,17,19)(H,18,20)(H,14,15,16). The van der Waals surface area contributed by atoms with Gasteiger partial charge < -0.3 is 5.32 Å². The Morgan fingerprint density at radius 2 is 1.75 bits per heavy atom. The zero-order chi connectivity index (χ0) is 14.1. The van der Waals surface area contributed by atoms with E-state index in [0.29, 0.717) is 17.0 Å². The van der Waals surface area contributed by atoms with E-state index in [1.807, 2.05) is 0 Å². The van der Waals surface area contributed by atoms with Crippen LogP contribution in [0, 0.1) is 0 Å². The van der Waals surface area contributed by atoms with E-state index < -0.39 is 0 Å². The first-order chi connectivity index (χ1) is 9.65. The molecule has 3 aromatic rings. The molecule has 0 aliphatic heterocycles. The molecule has 0 unspecified atom stereocenters. The van der Waals surface area contributed by atoms with Crippen molar-refractivity contribution in [3.8, 4) is 0 Å². The number of benzene rings is 1. The number of aromatic amines is 2. The number of nitrogens with zero attached hydrogens (tertiary/aromatic N) is 2. The summed E-state index contributed by atoms with van der Waals surface area (Å²) in [5.74, 6) is 0.334. The summed E-state index contributed by atoms with van der Waals surface area (Å²) in [5.41, 5.74) is -0.281. The number of nitrogens with one attached hydrogen (secondary N) is 3. The number of anilines is 2. The number of fused-ring (bicyclic) bond motifs is 1. The van der Waals surface area contributed by atoms with E-state index in [4.69, 9.17) is 0 Å². The van der Waals surface area contributed by atoms with Crippen LogP contribution in [-0.2, 0) is 0 Å². The van der Waals surface area contributed by atoms with Gasteiger partial charge in [0.05, 0.1) is 20.9 Å². The van der Waals surface area contributed by atoms with Gasteiger partial charge in [0, 0.05) is 12.4 Å². The Labute approximate surface area is 120 Å². The SMILES string of the molecule is O=c1[nH][nH]c(=O)c2c(Nc3ncc(Br)cn3)cccc12. The van der Waals surface area contributed by atoms with Gasteiger partial charge in [-0.05, 0) is 28.1 Å². The third-order valence-electron chi connectivity index (χ3n) is 2.69. The Hall–Kier alpha value is -2.48. The van der Waals surface area contributed by atoms with Crippen LogP contribution in [0.3, 0.4) is 0 Å². The maximum atomic E-state index is 11.9. The summed E-state index contributed by atoms with van der Waals surface area (Å²) in [6.07, 6.45) is 3.16. The van der Waals surface area contributed by atoms with E-state index in [9.17, 15) is 9.59 Å². The number of aromatic nitrogens is 4. The third-order valence-corrected chi connectivity index (χ3v) is 3.10. The first kappa shape index (κ1) is 12.5. The molecule has 1 aromatic carbocycles. The molecule has 3 rings (SSSR count). The number of hydrogen-bond donors (Lipinski definition) is 3. The second kappa shape index (κ2) is 4.89. The van der Waals surface area contributed by atoms with Gasteiger partial charge in [-0.15, -0.1) is 0 Å². The smallest absolute Gasteiger partial charge is 0.272 e. The maximum absolute atomic E-state index is 11.9. The van der Waals surface area contributed by atoms with Crippen LogP contribution >= 0.6 is 15.9 Å². The average Bonchev–Trinajstić information content (AvgIpc) is 2.46. The molecule has 100 valence electrons. The predicted octanol–water partition coefficient (Wildman–Crippen LogP) is 1.51. The largest absolute Gasteiger partial charge is 0.323 e. The van der Waals surface area contributed by atoms with Crippen molar-refractivity contribution in [1.29, 1.82) is 0 Å². The molecule has 0 aliphatic carbocycles. The molecule has 0 saturated carbocycles. The molecule has 0 atom stereocenters. The Balaban J connectivity index is 2.17. The van der Waals surface area contributed by atoms with E-state index in [0.717, 1.165) is 4.47 Å². The average molecular weight is 334 g/mol. The topological polar surface area (TPSA) is 104 Å². The van der Waals surface area contributed by atoms with E-state index in [1.54, 1.807) is 30.6 Å². The summed E-state index contributed by atoms with van der Waals surface area (Å²) in [4.78, 5) is 31.7. The second-order valence-corrected chi connectivity index (χ2v) is 4.90. The van der Waals surface area contributed by atoms with Crippen molar-refractivity contribution in [1.82, 2.24) is 20.2 Å². The fraction of sp³-hybridized carbons (Fsp3) is 0. The fourth-order valence-electron chi connectivity index (χ4n) is 1.83. The Morgan fingerprint density at radius 3 is 2.50 bits per heavy atom. The first-order valence-corrected chi connectivity index (χ1v) is 6.43. The lowest BCUT2D eigenvalue weighted by Gasteiger charge is -2.06. The minimum absolute atomic E-state index is 0.266. The number of H-pyrrole nitrogens is 2. The van der Waals surface area contributed by atoms with Crippen LogP contribution in [0.1, 0.15) is 0 Å². The van der Waals surface area contributed by atoms with Crippen molar-refractivity contribution in [2.75, 3.05) is 5.32 Å². The lowest BCUT2D eigenvalue weighted by Crippen LogP contribution is -2.19. The molecule has 2 aromatic heterocycles. The Morgan fingerprint density at radius 1 is 1.05 bits per heavy atom. The molecule has 0 bridgehead atoms. The van der Waals surface area contributed by atoms with Crippen molar-refractivity contribution < 1.29 is 0 Å². The Kier molecular flexibility index (Phi) is 3.07. The van der Waals surface area contributed by atoms with Crippen molar-refractivity contribution >= 4 is 38.3 Å². The number of halogens is 1. The zero-order valence-corrected chi connectivity index (χ0v) is 11.6. The highest BCUT2D eigenvalue weighted by molar-refractivity contribution is 9.10. The lowest BCUT2D eigenvalue weighted by molar-refractivity contribution is 0.976. The molecule has 2 heterocycles. The van der Waals surface area contributed by atoms with E-state index in [-0.39, 0.29) is 16.5 Å². The van der Waals surface area contributed by atoms with Gasteiger partial charge in [0.25, 0.3) is 11.1 Å². The van der Waals surface area contributed by atoms with E-state index in [1.165, 1.54) is 0 Å². The number of rotatable bonds is 2. The normalized spacial score (nSPS) is 10.7. The Bertz CT molecular complexity index is 885. The molecule has 0 spiro atoms. The molecule has 8 heteroatoms. The van der Waals surface area contributed by atoms with Crippen LogP contribution in [-0.4, -0.2) is 20.2 Å². The van der Waals surface area contributed by atoms with Crippen LogP contribution in [0.2, 0.25) is 0 Å². The molecule has 20 heavy (non-hydrogen) atoms. The summed E-state index contributed by atoms with van der Waals surface area (Å²) < 4.78 is 0.746. The zero-order valence-electron chi connectivity index (χ0n) is 9.98. The summed E-state index contributed by atoms with van der Waals surface area (Å²) >= 11 is 3.24. The summed E-state index contributed by atoms with van der Waals surface area (Å²) in [6, 6.07) is 4.94. The van der Waals surface area contributed by atoms with Gasteiger partial charge in [0.1, 0.15) is 0 Å². The first-order valence-electron chi connectivity index (χ1n) is 5.63. The molecular weight excluding hydrogens is 326 g/mol. The molecule has 0 fully saturated rings. The van der Waals surface area contributed by atoms with Crippen LogP contribution in [0.25, 0.3) is 10.8 Å². The van der Waals surface area contributed by atoms with Crippen LogP contribution in [0.4, 0.5) is 11.6 Å². The highest BCUT2D eigenvalue weighted by Crippen LogP contribution is 2.20. The minimum Gasteiger partial charge on any atom is -0.323 e. The maximum Gasteiger partial charge on any atom is 0.272 e. The highest BCUT2D eigenvalue weighted by Gasteiger charge is 2.09. The molecular formula is C12H8BrN5O2. The van der Waals surface area contributed by atoms with Gasteiger partial charge in [-0.3, -0.25) is 19.8 Å². The summed E-state index contributed by atoms with van der Waals surface area (Å²) in [6.45, 7) is 0. The fourth-order valence-corrected chi connectivity index (χ4v) is 2.04. The van der Waals surface area contributed by atoms with Crippen LogP contribution in [0.15, 0.2) is 44.7 Å². The minimum atomic E-state index is -0.389. The van der Waals surface area contributed by atoms with Gasteiger partial charge in [0.15, 0.2) is 0 Å². The van der Waals surface area contributed by atoms with Crippen molar-refractivity contribution in [3.05, 3.63) is 55.8 Å². The molecule has 0 radical (unpaired) electrons. The number of hydrogen-bond acceptors (Lipinski definition) is 5. The molecule has 0 amide bonds. The highest BCUT2D eigenvalue weighted by atomic mass is 79.9. The summed E-state index contributed by atoms with van der Waals surface area (Å²) in [7, 11) is 0. The van der Waals surface area contributed by atoms with E-state index >= 15 is 0 Å². The monoisotopic (exact) mass is 333 g/mol. The van der Waals surface area contributed by atoms with E-state index in [2.05, 4.69) is 41.4 Å². The molecule has 0 saturated heterocycles. The van der Waals surface area contributed by atoms with Gasteiger partial charge >= 0.3 is 0 Å². The van der Waals surface area contributed by atoms with Crippen LogP contribution < -0.4 is 16.4 Å². The third kappa shape index (κ3) is 2.21. The second-order valence-electron chi connectivity index (χ2n) is 3.99. The van der Waals surface area contributed by atoms with Gasteiger partial charge in [-0.1, -0.05) is 6.07 Å². The summed E-state index contributed by atoms with van der Waals surface area (Å²) in [5, 5.41) is 8.07. The van der Waals surface area contributed by atoms with Crippen molar-refractivity contribution in [2.24, 2.45) is 0 Å². The molecule has 7 nitrogen and oxygen atoms in total.